The predicted octanol–water partition coefficient (Wildman–Crippen LogP) is 2.19. The van der Waals surface area contributed by atoms with Gasteiger partial charge in [-0.2, -0.15) is 5.10 Å². The molecule has 19 heavy (non-hydrogen) atoms. The van der Waals surface area contributed by atoms with Crippen molar-refractivity contribution in [2.45, 2.75) is 20.3 Å². The Labute approximate surface area is 113 Å². The SMILES string of the molecule is CC(C)C(=O)NCCc1cnn(-c2ccccc2)c1. The molecule has 1 amide bonds. The van der Waals surface area contributed by atoms with E-state index in [-0.39, 0.29) is 11.8 Å². The first-order valence-corrected chi connectivity index (χ1v) is 6.53. The second-order valence-electron chi connectivity index (χ2n) is 4.82. The molecule has 0 saturated heterocycles. The van der Waals surface area contributed by atoms with Gasteiger partial charge in [-0.05, 0) is 24.1 Å². The van der Waals surface area contributed by atoms with Crippen LogP contribution in [0.15, 0.2) is 42.7 Å². The summed E-state index contributed by atoms with van der Waals surface area (Å²) in [7, 11) is 0. The van der Waals surface area contributed by atoms with Gasteiger partial charge in [0, 0.05) is 18.7 Å². The summed E-state index contributed by atoms with van der Waals surface area (Å²) in [5.41, 5.74) is 2.16. The molecule has 2 aromatic rings. The molecule has 100 valence electrons. The Balaban J connectivity index is 1.90. The van der Waals surface area contributed by atoms with Gasteiger partial charge in [0.05, 0.1) is 11.9 Å². The van der Waals surface area contributed by atoms with Gasteiger partial charge in [0.1, 0.15) is 0 Å². The summed E-state index contributed by atoms with van der Waals surface area (Å²) in [5.74, 6) is 0.127. The van der Waals surface area contributed by atoms with E-state index in [1.54, 1.807) is 0 Å². The smallest absolute Gasteiger partial charge is 0.222 e. The highest BCUT2D eigenvalue weighted by Crippen LogP contribution is 2.07. The molecule has 0 unspecified atom stereocenters. The minimum absolute atomic E-state index is 0.0343. The van der Waals surface area contributed by atoms with E-state index >= 15 is 0 Å². The van der Waals surface area contributed by atoms with E-state index in [9.17, 15) is 4.79 Å². The highest BCUT2D eigenvalue weighted by Gasteiger charge is 2.06. The van der Waals surface area contributed by atoms with Crippen molar-refractivity contribution in [1.29, 1.82) is 0 Å². The Morgan fingerprint density at radius 3 is 2.74 bits per heavy atom. The van der Waals surface area contributed by atoms with Crippen LogP contribution in [0.25, 0.3) is 5.69 Å². The lowest BCUT2D eigenvalue weighted by Crippen LogP contribution is -2.29. The van der Waals surface area contributed by atoms with Gasteiger partial charge in [-0.25, -0.2) is 4.68 Å². The summed E-state index contributed by atoms with van der Waals surface area (Å²) in [4.78, 5) is 11.4. The molecule has 0 bridgehead atoms. The van der Waals surface area contributed by atoms with E-state index in [2.05, 4.69) is 10.4 Å². The fourth-order valence-electron chi connectivity index (χ4n) is 1.75. The molecule has 0 aliphatic rings. The summed E-state index contributed by atoms with van der Waals surface area (Å²) in [6, 6.07) is 9.98. The van der Waals surface area contributed by atoms with Crippen LogP contribution < -0.4 is 5.32 Å². The quantitative estimate of drug-likeness (QED) is 0.892. The zero-order valence-electron chi connectivity index (χ0n) is 11.3. The van der Waals surface area contributed by atoms with Gasteiger partial charge < -0.3 is 5.32 Å². The van der Waals surface area contributed by atoms with E-state index in [1.165, 1.54) is 0 Å². The van der Waals surface area contributed by atoms with Gasteiger partial charge >= 0.3 is 0 Å². The summed E-state index contributed by atoms with van der Waals surface area (Å²) in [6.07, 6.45) is 4.64. The highest BCUT2D eigenvalue weighted by molar-refractivity contribution is 5.77. The monoisotopic (exact) mass is 257 g/mol. The average Bonchev–Trinajstić information content (AvgIpc) is 2.88. The van der Waals surface area contributed by atoms with Gasteiger partial charge in [-0.15, -0.1) is 0 Å². The zero-order valence-corrected chi connectivity index (χ0v) is 11.3. The van der Waals surface area contributed by atoms with Gasteiger partial charge in [0.2, 0.25) is 5.91 Å². The fraction of sp³-hybridized carbons (Fsp3) is 0.333. The molecular formula is C15H19N3O. The van der Waals surface area contributed by atoms with Gasteiger partial charge in [-0.3, -0.25) is 4.79 Å². The number of nitrogens with zero attached hydrogens (tertiary/aromatic N) is 2. The van der Waals surface area contributed by atoms with Crippen molar-refractivity contribution >= 4 is 5.91 Å². The number of hydrogen-bond acceptors (Lipinski definition) is 2. The van der Waals surface area contributed by atoms with Crippen LogP contribution in [0.2, 0.25) is 0 Å². The third-order valence-electron chi connectivity index (χ3n) is 2.89. The molecule has 0 fully saturated rings. The molecule has 4 nitrogen and oxygen atoms in total. The molecule has 0 atom stereocenters. The fourth-order valence-corrected chi connectivity index (χ4v) is 1.75. The third kappa shape index (κ3) is 3.68. The van der Waals surface area contributed by atoms with Crippen molar-refractivity contribution in [3.05, 3.63) is 48.3 Å². The molecule has 0 aliphatic carbocycles. The van der Waals surface area contributed by atoms with Crippen molar-refractivity contribution in [3.8, 4) is 5.69 Å². The molecule has 2 rings (SSSR count). The van der Waals surface area contributed by atoms with E-state index in [0.717, 1.165) is 17.7 Å². The van der Waals surface area contributed by atoms with Gasteiger partial charge in [0.15, 0.2) is 0 Å². The highest BCUT2D eigenvalue weighted by atomic mass is 16.1. The molecule has 0 aliphatic heterocycles. The molecule has 4 heteroatoms. The molecule has 0 saturated carbocycles. The minimum Gasteiger partial charge on any atom is -0.356 e. The number of para-hydroxylation sites is 1. The Morgan fingerprint density at radius 2 is 2.05 bits per heavy atom. The van der Waals surface area contributed by atoms with Gasteiger partial charge in [0.25, 0.3) is 0 Å². The number of benzene rings is 1. The summed E-state index contributed by atoms with van der Waals surface area (Å²) >= 11 is 0. The Hall–Kier alpha value is -2.10. The largest absolute Gasteiger partial charge is 0.356 e. The number of carbonyl (C=O) groups excluding carboxylic acids is 1. The molecule has 0 radical (unpaired) electrons. The van der Waals surface area contributed by atoms with Crippen molar-refractivity contribution in [2.75, 3.05) is 6.54 Å². The van der Waals surface area contributed by atoms with Crippen LogP contribution in [0, 0.1) is 5.92 Å². The van der Waals surface area contributed by atoms with Crippen molar-refractivity contribution in [2.24, 2.45) is 5.92 Å². The lowest BCUT2D eigenvalue weighted by molar-refractivity contribution is -0.123. The van der Waals surface area contributed by atoms with Crippen molar-refractivity contribution < 1.29 is 4.79 Å². The number of nitrogens with one attached hydrogen (secondary N) is 1. The standard InChI is InChI=1S/C15H19N3O/c1-12(2)15(19)16-9-8-13-10-17-18(11-13)14-6-4-3-5-7-14/h3-7,10-12H,8-9H2,1-2H3,(H,16,19). The predicted molar refractivity (Wildman–Crippen MR) is 75.1 cm³/mol. The molecule has 1 aromatic heterocycles. The zero-order chi connectivity index (χ0) is 13.7. The van der Waals surface area contributed by atoms with Crippen LogP contribution in [0.1, 0.15) is 19.4 Å². The Bertz CT molecular complexity index is 531. The maximum Gasteiger partial charge on any atom is 0.222 e. The minimum atomic E-state index is 0.0343. The van der Waals surface area contributed by atoms with Crippen LogP contribution in [0.4, 0.5) is 0 Å². The van der Waals surface area contributed by atoms with Crippen LogP contribution in [-0.4, -0.2) is 22.2 Å². The van der Waals surface area contributed by atoms with Crippen LogP contribution in [-0.2, 0) is 11.2 Å². The summed E-state index contributed by atoms with van der Waals surface area (Å²) in [6.45, 7) is 4.43. The Kier molecular flexibility index (Phi) is 4.34. The summed E-state index contributed by atoms with van der Waals surface area (Å²) in [5, 5.41) is 7.23. The third-order valence-corrected chi connectivity index (χ3v) is 2.89. The van der Waals surface area contributed by atoms with Crippen molar-refractivity contribution in [3.63, 3.8) is 0 Å². The average molecular weight is 257 g/mol. The number of amides is 1. The second kappa shape index (κ2) is 6.18. The lowest BCUT2D eigenvalue weighted by atomic mass is 10.2. The van der Waals surface area contributed by atoms with Crippen LogP contribution in [0.3, 0.4) is 0 Å². The van der Waals surface area contributed by atoms with Crippen LogP contribution >= 0.6 is 0 Å². The molecule has 1 N–H and O–H groups in total. The molecule has 1 heterocycles. The van der Waals surface area contributed by atoms with Crippen molar-refractivity contribution in [1.82, 2.24) is 15.1 Å². The first kappa shape index (κ1) is 13.3. The van der Waals surface area contributed by atoms with Gasteiger partial charge in [-0.1, -0.05) is 32.0 Å². The molecule has 1 aromatic carbocycles. The lowest BCUT2D eigenvalue weighted by Gasteiger charge is -2.06. The number of rotatable bonds is 5. The number of hydrogen-bond donors (Lipinski definition) is 1. The normalized spacial score (nSPS) is 10.7. The topological polar surface area (TPSA) is 46.9 Å². The van der Waals surface area contributed by atoms with E-state index in [0.29, 0.717) is 6.54 Å². The first-order valence-electron chi connectivity index (χ1n) is 6.53. The maximum atomic E-state index is 11.4. The van der Waals surface area contributed by atoms with E-state index in [1.807, 2.05) is 61.3 Å². The number of aromatic nitrogens is 2. The van der Waals surface area contributed by atoms with E-state index < -0.39 is 0 Å². The maximum absolute atomic E-state index is 11.4. The number of carbonyl (C=O) groups is 1. The first-order chi connectivity index (χ1) is 9.16. The summed E-state index contributed by atoms with van der Waals surface area (Å²) < 4.78 is 1.85. The Morgan fingerprint density at radius 1 is 1.32 bits per heavy atom. The van der Waals surface area contributed by atoms with E-state index in [4.69, 9.17) is 0 Å². The molecule has 0 spiro atoms. The van der Waals surface area contributed by atoms with Crippen LogP contribution in [0.5, 0.6) is 0 Å². The molecular weight excluding hydrogens is 238 g/mol. The second-order valence-corrected chi connectivity index (χ2v) is 4.82.